The molecular formula is C12H12F4. The molecule has 0 aliphatic carbocycles. The molecule has 0 saturated heterocycles. The minimum atomic E-state index is -1.77. The second-order valence-corrected chi connectivity index (χ2v) is 3.34. The zero-order chi connectivity index (χ0) is 12.3. The number of rotatable bonds is 3. The summed E-state index contributed by atoms with van der Waals surface area (Å²) < 4.78 is 52.0. The van der Waals surface area contributed by atoms with Crippen LogP contribution in [-0.2, 0) is 0 Å². The Bertz CT molecular complexity index is 422. The molecule has 16 heavy (non-hydrogen) atoms. The highest BCUT2D eigenvalue weighted by Gasteiger charge is 2.19. The van der Waals surface area contributed by atoms with E-state index in [9.17, 15) is 17.6 Å². The lowest BCUT2D eigenvalue weighted by atomic mass is 10.0. The number of halogens is 4. The maximum Gasteiger partial charge on any atom is 0.198 e. The summed E-state index contributed by atoms with van der Waals surface area (Å²) in [4.78, 5) is 0. The molecule has 0 amide bonds. The first-order chi connectivity index (χ1) is 7.52. The summed E-state index contributed by atoms with van der Waals surface area (Å²) >= 11 is 0. The van der Waals surface area contributed by atoms with Gasteiger partial charge in [0.15, 0.2) is 23.3 Å². The van der Waals surface area contributed by atoms with Gasteiger partial charge in [0.2, 0.25) is 0 Å². The van der Waals surface area contributed by atoms with Crippen molar-refractivity contribution >= 4 is 5.57 Å². The van der Waals surface area contributed by atoms with Gasteiger partial charge in [0, 0.05) is 5.56 Å². The van der Waals surface area contributed by atoms with Gasteiger partial charge in [0.1, 0.15) is 0 Å². The molecule has 1 rings (SSSR count). The summed E-state index contributed by atoms with van der Waals surface area (Å²) in [5.74, 6) is -6.23. The molecule has 1 aromatic rings. The van der Waals surface area contributed by atoms with Crippen LogP contribution < -0.4 is 0 Å². The lowest BCUT2D eigenvalue weighted by molar-refractivity contribution is 0.407. The Kier molecular flexibility index (Phi) is 4.10. The molecule has 0 spiro atoms. The molecule has 0 fully saturated rings. The predicted molar refractivity (Wildman–Crippen MR) is 54.8 cm³/mol. The van der Waals surface area contributed by atoms with Crippen LogP contribution in [0.3, 0.4) is 0 Å². The van der Waals surface area contributed by atoms with Crippen LogP contribution >= 0.6 is 0 Å². The first-order valence-electron chi connectivity index (χ1n) is 5.05. The summed E-state index contributed by atoms with van der Waals surface area (Å²) in [6.45, 7) is 3.56. The number of hydrogen-bond acceptors (Lipinski definition) is 0. The first-order valence-corrected chi connectivity index (χ1v) is 5.05. The summed E-state index contributed by atoms with van der Waals surface area (Å²) in [5.41, 5.74) is 0.263. The molecule has 0 heterocycles. The SMILES string of the molecule is CC/C=C(\CC)c1cc(F)c(F)c(F)c1F. The molecule has 1 aromatic carbocycles. The molecule has 0 aromatic heterocycles. The fourth-order valence-corrected chi connectivity index (χ4v) is 1.50. The smallest absolute Gasteiger partial charge is 0.198 e. The van der Waals surface area contributed by atoms with Crippen molar-refractivity contribution in [1.29, 1.82) is 0 Å². The number of benzene rings is 1. The van der Waals surface area contributed by atoms with Crippen LogP contribution in [0.1, 0.15) is 32.3 Å². The van der Waals surface area contributed by atoms with E-state index in [4.69, 9.17) is 0 Å². The first kappa shape index (κ1) is 12.7. The second kappa shape index (κ2) is 5.14. The van der Waals surface area contributed by atoms with Crippen molar-refractivity contribution in [1.82, 2.24) is 0 Å². The van der Waals surface area contributed by atoms with Gasteiger partial charge in [0.25, 0.3) is 0 Å². The van der Waals surface area contributed by atoms with Crippen molar-refractivity contribution in [3.63, 3.8) is 0 Å². The maximum absolute atomic E-state index is 13.4. The molecular weight excluding hydrogens is 220 g/mol. The van der Waals surface area contributed by atoms with Crippen molar-refractivity contribution in [3.8, 4) is 0 Å². The third kappa shape index (κ3) is 2.26. The Morgan fingerprint density at radius 1 is 1.06 bits per heavy atom. The molecule has 0 saturated carbocycles. The van der Waals surface area contributed by atoms with Crippen LogP contribution in [0.25, 0.3) is 5.57 Å². The average Bonchev–Trinajstić information content (AvgIpc) is 2.28. The van der Waals surface area contributed by atoms with Gasteiger partial charge in [-0.2, -0.15) is 0 Å². The zero-order valence-electron chi connectivity index (χ0n) is 9.08. The van der Waals surface area contributed by atoms with Gasteiger partial charge >= 0.3 is 0 Å². The van der Waals surface area contributed by atoms with Gasteiger partial charge in [-0.1, -0.05) is 19.9 Å². The van der Waals surface area contributed by atoms with Crippen LogP contribution in [0.5, 0.6) is 0 Å². The van der Waals surface area contributed by atoms with E-state index in [1.54, 1.807) is 13.0 Å². The molecule has 0 radical (unpaired) electrons. The minimum Gasteiger partial charge on any atom is -0.204 e. The van der Waals surface area contributed by atoms with E-state index in [1.807, 2.05) is 6.92 Å². The van der Waals surface area contributed by atoms with E-state index in [0.29, 0.717) is 24.5 Å². The van der Waals surface area contributed by atoms with Crippen molar-refractivity contribution in [2.75, 3.05) is 0 Å². The van der Waals surface area contributed by atoms with Crippen LogP contribution in [-0.4, -0.2) is 0 Å². The molecule has 0 N–H and O–H groups in total. The van der Waals surface area contributed by atoms with E-state index in [2.05, 4.69) is 0 Å². The van der Waals surface area contributed by atoms with E-state index >= 15 is 0 Å². The summed E-state index contributed by atoms with van der Waals surface area (Å²) in [5, 5.41) is 0. The van der Waals surface area contributed by atoms with Crippen molar-refractivity contribution < 1.29 is 17.6 Å². The predicted octanol–water partition coefficient (Wildman–Crippen LogP) is 4.45. The topological polar surface area (TPSA) is 0 Å². The molecule has 0 nitrogen and oxygen atoms in total. The highest BCUT2D eigenvalue weighted by molar-refractivity contribution is 5.66. The minimum absolute atomic E-state index is 0.208. The quantitative estimate of drug-likeness (QED) is 0.410. The molecule has 88 valence electrons. The Morgan fingerprint density at radius 3 is 2.19 bits per heavy atom. The number of allylic oxidation sites excluding steroid dienone is 2. The standard InChI is InChI=1S/C12H12F4/c1-3-5-7(4-2)8-6-9(13)11(15)12(16)10(8)14/h5-6H,3-4H2,1-2H3/b7-5+. The van der Waals surface area contributed by atoms with E-state index < -0.39 is 23.3 Å². The Hall–Kier alpha value is -1.32. The second-order valence-electron chi connectivity index (χ2n) is 3.34. The Labute approximate surface area is 91.6 Å². The van der Waals surface area contributed by atoms with Gasteiger partial charge < -0.3 is 0 Å². The fourth-order valence-electron chi connectivity index (χ4n) is 1.50. The third-order valence-corrected chi connectivity index (χ3v) is 2.28. The Morgan fingerprint density at radius 2 is 1.69 bits per heavy atom. The van der Waals surface area contributed by atoms with E-state index in [-0.39, 0.29) is 5.56 Å². The van der Waals surface area contributed by atoms with Crippen LogP contribution in [0.4, 0.5) is 17.6 Å². The third-order valence-electron chi connectivity index (χ3n) is 2.28. The molecule has 0 aliphatic rings. The number of hydrogen-bond donors (Lipinski definition) is 0. The van der Waals surface area contributed by atoms with E-state index in [1.165, 1.54) is 0 Å². The monoisotopic (exact) mass is 232 g/mol. The summed E-state index contributed by atoms with van der Waals surface area (Å²) in [6.07, 6.45) is 2.70. The van der Waals surface area contributed by atoms with Gasteiger partial charge in [-0.15, -0.1) is 0 Å². The molecule has 4 heteroatoms. The fraction of sp³-hybridized carbons (Fsp3) is 0.333. The molecule has 0 bridgehead atoms. The molecule has 0 aliphatic heterocycles. The van der Waals surface area contributed by atoms with Gasteiger partial charge in [0.05, 0.1) is 0 Å². The molecule has 0 atom stereocenters. The van der Waals surface area contributed by atoms with E-state index in [0.717, 1.165) is 0 Å². The van der Waals surface area contributed by atoms with Gasteiger partial charge in [-0.3, -0.25) is 0 Å². The van der Waals surface area contributed by atoms with Crippen molar-refractivity contribution in [2.24, 2.45) is 0 Å². The largest absolute Gasteiger partial charge is 0.204 e. The Balaban J connectivity index is 3.40. The van der Waals surface area contributed by atoms with Crippen LogP contribution in [0, 0.1) is 23.3 Å². The average molecular weight is 232 g/mol. The van der Waals surface area contributed by atoms with Gasteiger partial charge in [-0.05, 0) is 24.5 Å². The summed E-state index contributed by atoms with van der Waals surface area (Å²) in [7, 11) is 0. The van der Waals surface area contributed by atoms with Gasteiger partial charge in [-0.25, -0.2) is 17.6 Å². The highest BCUT2D eigenvalue weighted by Crippen LogP contribution is 2.26. The lowest BCUT2D eigenvalue weighted by Crippen LogP contribution is -2.01. The van der Waals surface area contributed by atoms with Crippen molar-refractivity contribution in [3.05, 3.63) is 41.0 Å². The van der Waals surface area contributed by atoms with Crippen LogP contribution in [0.15, 0.2) is 12.1 Å². The highest BCUT2D eigenvalue weighted by atomic mass is 19.2. The summed E-state index contributed by atoms with van der Waals surface area (Å²) in [6, 6.07) is 0.693. The maximum atomic E-state index is 13.4. The molecule has 0 unspecified atom stereocenters. The lowest BCUT2D eigenvalue weighted by Gasteiger charge is -2.08. The normalized spacial score (nSPS) is 12.0. The zero-order valence-corrected chi connectivity index (χ0v) is 9.08. The van der Waals surface area contributed by atoms with Crippen LogP contribution in [0.2, 0.25) is 0 Å². The van der Waals surface area contributed by atoms with Crippen molar-refractivity contribution in [2.45, 2.75) is 26.7 Å².